The van der Waals surface area contributed by atoms with Gasteiger partial charge in [-0.25, -0.2) is 9.18 Å². The molecule has 5 heteroatoms. The van der Waals surface area contributed by atoms with Crippen molar-refractivity contribution in [3.05, 3.63) is 35.6 Å². The molecule has 1 aromatic carbocycles. The van der Waals surface area contributed by atoms with Crippen LogP contribution >= 0.6 is 0 Å². The van der Waals surface area contributed by atoms with E-state index in [0.717, 1.165) is 25.9 Å². The smallest absolute Gasteiger partial charge is 0.338 e. The van der Waals surface area contributed by atoms with Crippen molar-refractivity contribution in [3.63, 3.8) is 0 Å². The van der Waals surface area contributed by atoms with E-state index in [9.17, 15) is 9.18 Å². The summed E-state index contributed by atoms with van der Waals surface area (Å²) in [5, 5.41) is 0. The predicted molar refractivity (Wildman–Crippen MR) is 86.8 cm³/mol. The van der Waals surface area contributed by atoms with E-state index in [1.54, 1.807) is 12.1 Å². The van der Waals surface area contributed by atoms with Crippen LogP contribution in [0.25, 0.3) is 0 Å². The average Bonchev–Trinajstić information content (AvgIpc) is 2.48. The summed E-state index contributed by atoms with van der Waals surface area (Å²) in [6.45, 7) is 1.89. The summed E-state index contributed by atoms with van der Waals surface area (Å²) >= 11 is 0. The monoisotopic (exact) mass is 320 g/mol. The van der Waals surface area contributed by atoms with Crippen LogP contribution in [0.2, 0.25) is 0 Å². The van der Waals surface area contributed by atoms with Gasteiger partial charge in [0.15, 0.2) is 0 Å². The first-order valence-electron chi connectivity index (χ1n) is 8.27. The Labute approximate surface area is 137 Å². The highest BCUT2D eigenvalue weighted by atomic mass is 19.1. The Kier molecular flexibility index (Phi) is 4.69. The maximum absolute atomic E-state index is 13.3. The van der Waals surface area contributed by atoms with Gasteiger partial charge in [-0.15, -0.1) is 0 Å². The van der Waals surface area contributed by atoms with Crippen molar-refractivity contribution in [2.75, 3.05) is 34.2 Å². The number of halogens is 1. The molecule has 2 aliphatic rings. The molecule has 1 aliphatic heterocycles. The zero-order valence-corrected chi connectivity index (χ0v) is 14.0. The number of benzene rings is 1. The fourth-order valence-electron chi connectivity index (χ4n) is 4.22. The Morgan fingerprint density at radius 1 is 1.30 bits per heavy atom. The second-order valence-electron chi connectivity index (χ2n) is 7.13. The van der Waals surface area contributed by atoms with Gasteiger partial charge in [-0.1, -0.05) is 6.07 Å². The molecular weight excluding hydrogens is 295 g/mol. The first-order chi connectivity index (χ1) is 11.0. The Morgan fingerprint density at radius 2 is 2.09 bits per heavy atom. The van der Waals surface area contributed by atoms with Gasteiger partial charge in [0.25, 0.3) is 0 Å². The molecule has 4 atom stereocenters. The fourth-order valence-corrected chi connectivity index (χ4v) is 4.22. The molecule has 2 fully saturated rings. The van der Waals surface area contributed by atoms with Crippen LogP contribution < -0.4 is 0 Å². The first-order valence-corrected chi connectivity index (χ1v) is 8.27. The van der Waals surface area contributed by atoms with Crippen LogP contribution in [0.1, 0.15) is 23.2 Å². The molecule has 0 spiro atoms. The summed E-state index contributed by atoms with van der Waals surface area (Å²) in [6.07, 6.45) is 2.12. The van der Waals surface area contributed by atoms with Crippen molar-refractivity contribution in [1.29, 1.82) is 0 Å². The van der Waals surface area contributed by atoms with Crippen molar-refractivity contribution < 1.29 is 13.9 Å². The lowest BCUT2D eigenvalue weighted by Crippen LogP contribution is -2.59. The topological polar surface area (TPSA) is 32.8 Å². The molecule has 1 saturated heterocycles. The highest BCUT2D eigenvalue weighted by Crippen LogP contribution is 2.38. The number of hydrogen-bond acceptors (Lipinski definition) is 4. The van der Waals surface area contributed by atoms with Gasteiger partial charge in [0.2, 0.25) is 0 Å². The maximum atomic E-state index is 13.3. The van der Waals surface area contributed by atoms with Crippen LogP contribution in [0.15, 0.2) is 24.3 Å². The first kappa shape index (κ1) is 16.4. The van der Waals surface area contributed by atoms with E-state index in [1.165, 1.54) is 12.1 Å². The van der Waals surface area contributed by atoms with Gasteiger partial charge in [0.1, 0.15) is 11.9 Å². The van der Waals surface area contributed by atoms with E-state index in [-0.39, 0.29) is 6.10 Å². The van der Waals surface area contributed by atoms with Crippen molar-refractivity contribution >= 4 is 5.97 Å². The molecule has 1 aliphatic carbocycles. The molecule has 2 unspecified atom stereocenters. The zero-order valence-electron chi connectivity index (χ0n) is 14.0. The van der Waals surface area contributed by atoms with Gasteiger partial charge in [-0.3, -0.25) is 0 Å². The minimum absolute atomic E-state index is 0.0804. The molecular formula is C18H25FN2O2. The SMILES string of the molecule is CN1CC2CC[C@@H](N(C)C)C(C1)[C@@H]2OC(=O)c1cccc(F)c1. The molecule has 0 amide bonds. The Balaban J connectivity index is 1.78. The van der Waals surface area contributed by atoms with Crippen LogP contribution in [0.4, 0.5) is 4.39 Å². The van der Waals surface area contributed by atoms with Crippen LogP contribution in [0.3, 0.4) is 0 Å². The second kappa shape index (κ2) is 6.57. The molecule has 2 bridgehead atoms. The van der Waals surface area contributed by atoms with E-state index >= 15 is 0 Å². The lowest BCUT2D eigenvalue weighted by atomic mass is 9.72. The Morgan fingerprint density at radius 3 is 2.78 bits per heavy atom. The standard InChI is InChI=1S/C18H25FN2O2/c1-20(2)16-8-7-13-10-21(3)11-15(16)17(13)23-18(22)12-5-4-6-14(19)9-12/h4-6,9,13,15-17H,7-8,10-11H2,1-3H3/t13?,15?,16-,17-/m1/s1. The molecule has 3 rings (SSSR count). The number of rotatable bonds is 3. The minimum Gasteiger partial charge on any atom is -0.458 e. The van der Waals surface area contributed by atoms with Crippen molar-refractivity contribution in [2.24, 2.45) is 11.8 Å². The van der Waals surface area contributed by atoms with Gasteiger partial charge in [0.05, 0.1) is 5.56 Å². The molecule has 23 heavy (non-hydrogen) atoms. The minimum atomic E-state index is -0.409. The third-order valence-electron chi connectivity index (χ3n) is 5.25. The van der Waals surface area contributed by atoms with Gasteiger partial charge in [-0.2, -0.15) is 0 Å². The van der Waals surface area contributed by atoms with E-state index < -0.39 is 11.8 Å². The van der Waals surface area contributed by atoms with Crippen LogP contribution in [0, 0.1) is 17.7 Å². The summed E-state index contributed by atoms with van der Waals surface area (Å²) in [5.74, 6) is -0.143. The number of carbonyl (C=O) groups is 1. The third kappa shape index (κ3) is 3.40. The van der Waals surface area contributed by atoms with Crippen LogP contribution in [-0.2, 0) is 4.74 Å². The molecule has 1 aromatic rings. The van der Waals surface area contributed by atoms with Crippen molar-refractivity contribution in [3.8, 4) is 0 Å². The lowest BCUT2D eigenvalue weighted by Gasteiger charge is -2.50. The number of nitrogens with zero attached hydrogens (tertiary/aromatic N) is 2. The zero-order chi connectivity index (χ0) is 16.6. The number of ether oxygens (including phenoxy) is 1. The lowest BCUT2D eigenvalue weighted by molar-refractivity contribution is -0.0873. The van der Waals surface area contributed by atoms with E-state index in [1.807, 2.05) is 0 Å². The quantitative estimate of drug-likeness (QED) is 0.800. The van der Waals surface area contributed by atoms with Crippen LogP contribution in [-0.4, -0.2) is 62.1 Å². The third-order valence-corrected chi connectivity index (χ3v) is 5.25. The van der Waals surface area contributed by atoms with Gasteiger partial charge in [-0.05, 0) is 52.2 Å². The van der Waals surface area contributed by atoms with E-state index in [4.69, 9.17) is 4.74 Å². The number of hydrogen-bond donors (Lipinski definition) is 0. The second-order valence-corrected chi connectivity index (χ2v) is 7.13. The van der Waals surface area contributed by atoms with Crippen molar-refractivity contribution in [2.45, 2.75) is 25.0 Å². The Hall–Kier alpha value is -1.46. The molecule has 1 heterocycles. The average molecular weight is 320 g/mol. The highest BCUT2D eigenvalue weighted by Gasteiger charge is 2.46. The summed E-state index contributed by atoms with van der Waals surface area (Å²) in [7, 11) is 6.30. The Bertz CT molecular complexity index is 578. The number of carbonyl (C=O) groups excluding carboxylic acids is 1. The van der Waals surface area contributed by atoms with Crippen molar-refractivity contribution in [1.82, 2.24) is 9.80 Å². The van der Waals surface area contributed by atoms with Crippen LogP contribution in [0.5, 0.6) is 0 Å². The number of likely N-dealkylation sites (tertiary alicyclic amines) is 1. The predicted octanol–water partition coefficient (Wildman–Crippen LogP) is 2.25. The molecule has 126 valence electrons. The maximum Gasteiger partial charge on any atom is 0.338 e. The highest BCUT2D eigenvalue weighted by molar-refractivity contribution is 5.89. The van der Waals surface area contributed by atoms with Gasteiger partial charge < -0.3 is 14.5 Å². The molecule has 0 aromatic heterocycles. The summed E-state index contributed by atoms with van der Waals surface area (Å²) in [4.78, 5) is 17.0. The van der Waals surface area contributed by atoms with Gasteiger partial charge >= 0.3 is 5.97 Å². The normalized spacial score (nSPS) is 31.2. The number of esters is 1. The number of piperidine rings is 1. The summed E-state index contributed by atoms with van der Waals surface area (Å²) in [6, 6.07) is 6.16. The molecule has 0 N–H and O–H groups in total. The fraction of sp³-hybridized carbons (Fsp3) is 0.611. The summed E-state index contributed by atoms with van der Waals surface area (Å²) in [5.41, 5.74) is 0.295. The number of fused-ring (bicyclic) bond motifs is 2. The largest absolute Gasteiger partial charge is 0.458 e. The molecule has 0 radical (unpaired) electrons. The van der Waals surface area contributed by atoms with E-state index in [2.05, 4.69) is 30.9 Å². The van der Waals surface area contributed by atoms with E-state index in [0.29, 0.717) is 23.4 Å². The molecule has 4 nitrogen and oxygen atoms in total. The molecule has 1 saturated carbocycles. The van der Waals surface area contributed by atoms with Gasteiger partial charge in [0, 0.05) is 31.0 Å². The summed E-state index contributed by atoms with van der Waals surface area (Å²) < 4.78 is 19.2.